The smallest absolute Gasteiger partial charge is 0.264 e. The van der Waals surface area contributed by atoms with Gasteiger partial charge in [-0.2, -0.15) is 0 Å². The summed E-state index contributed by atoms with van der Waals surface area (Å²) in [6.45, 7) is 7.99. The fraction of sp³-hybridized carbons (Fsp3) is 0.269. The number of rotatable bonds is 10. The largest absolute Gasteiger partial charge is 0.372 e. The van der Waals surface area contributed by atoms with Crippen LogP contribution in [0.5, 0.6) is 0 Å². The molecular weight excluding hydrogens is 434 g/mol. The number of nitrogens with one attached hydrogen (secondary N) is 1. The zero-order valence-electron chi connectivity index (χ0n) is 19.4. The Morgan fingerprint density at radius 3 is 2.00 bits per heavy atom. The topological polar surface area (TPSA) is 69.7 Å². The molecule has 0 saturated carbocycles. The van der Waals surface area contributed by atoms with Crippen LogP contribution in [0.3, 0.4) is 0 Å². The number of anilines is 2. The van der Waals surface area contributed by atoms with Crippen LogP contribution in [0.2, 0.25) is 0 Å². The molecule has 3 aromatic carbocycles. The molecule has 33 heavy (non-hydrogen) atoms. The van der Waals surface area contributed by atoms with Gasteiger partial charge in [-0.05, 0) is 62.7 Å². The highest BCUT2D eigenvalue weighted by molar-refractivity contribution is 7.92. The molecular formula is C26H31N3O3S. The van der Waals surface area contributed by atoms with Gasteiger partial charge in [-0.25, -0.2) is 8.42 Å². The van der Waals surface area contributed by atoms with Gasteiger partial charge in [0.2, 0.25) is 5.91 Å². The van der Waals surface area contributed by atoms with Gasteiger partial charge in [0, 0.05) is 25.3 Å². The van der Waals surface area contributed by atoms with Crippen LogP contribution in [0.15, 0.2) is 83.8 Å². The Balaban J connectivity index is 1.74. The molecule has 0 fully saturated rings. The third kappa shape index (κ3) is 6.14. The third-order valence-corrected chi connectivity index (χ3v) is 7.28. The van der Waals surface area contributed by atoms with Crippen molar-refractivity contribution in [3.05, 3.63) is 90.0 Å². The Kier molecular flexibility index (Phi) is 8.11. The van der Waals surface area contributed by atoms with E-state index in [1.807, 2.05) is 37.3 Å². The van der Waals surface area contributed by atoms with Gasteiger partial charge in [-0.15, -0.1) is 0 Å². The molecule has 1 amide bonds. The summed E-state index contributed by atoms with van der Waals surface area (Å²) in [6, 6.07) is 23.3. The normalized spacial score (nSPS) is 11.1. The number of hydrogen-bond acceptors (Lipinski definition) is 4. The van der Waals surface area contributed by atoms with Crippen molar-refractivity contribution in [3.63, 3.8) is 0 Å². The zero-order valence-corrected chi connectivity index (χ0v) is 20.2. The van der Waals surface area contributed by atoms with Crippen molar-refractivity contribution in [1.29, 1.82) is 0 Å². The third-order valence-electron chi connectivity index (χ3n) is 5.49. The van der Waals surface area contributed by atoms with Crippen LogP contribution in [0, 0.1) is 6.92 Å². The Morgan fingerprint density at radius 1 is 0.818 bits per heavy atom. The summed E-state index contributed by atoms with van der Waals surface area (Å²) in [5.41, 5.74) is 3.49. The van der Waals surface area contributed by atoms with Crippen molar-refractivity contribution in [1.82, 2.24) is 5.32 Å². The van der Waals surface area contributed by atoms with Crippen molar-refractivity contribution < 1.29 is 13.2 Å². The highest BCUT2D eigenvalue weighted by atomic mass is 32.2. The van der Waals surface area contributed by atoms with E-state index in [1.165, 1.54) is 0 Å². The fourth-order valence-corrected chi connectivity index (χ4v) is 4.97. The van der Waals surface area contributed by atoms with Crippen molar-refractivity contribution in [2.75, 3.05) is 28.8 Å². The lowest BCUT2D eigenvalue weighted by Crippen LogP contribution is -2.40. The molecule has 3 rings (SSSR count). The monoisotopic (exact) mass is 465 g/mol. The van der Waals surface area contributed by atoms with Crippen LogP contribution in [-0.2, 0) is 21.4 Å². The predicted octanol–water partition coefficient (Wildman–Crippen LogP) is 4.35. The second-order valence-electron chi connectivity index (χ2n) is 7.78. The number of sulfonamides is 1. The molecule has 0 unspecified atom stereocenters. The molecule has 0 atom stereocenters. The molecule has 0 aromatic heterocycles. The van der Waals surface area contributed by atoms with Gasteiger partial charge in [-0.3, -0.25) is 9.10 Å². The molecule has 174 valence electrons. The second kappa shape index (κ2) is 11.0. The molecule has 0 saturated heterocycles. The number of aryl methyl sites for hydroxylation is 1. The van der Waals surface area contributed by atoms with Gasteiger partial charge in [0.05, 0.1) is 10.6 Å². The molecule has 0 bridgehead atoms. The lowest BCUT2D eigenvalue weighted by atomic mass is 10.2. The molecule has 3 aromatic rings. The highest BCUT2D eigenvalue weighted by Gasteiger charge is 2.27. The first-order chi connectivity index (χ1) is 15.8. The standard InChI is InChI=1S/C26H31N3O3S/c1-4-28(5-2)23-15-13-22(14-16-23)19-27-26(30)20-29(24-9-7-6-8-10-24)33(31,32)25-17-11-21(3)12-18-25/h6-18H,4-5,19-20H2,1-3H3,(H,27,30). The van der Waals surface area contributed by atoms with Gasteiger partial charge >= 0.3 is 0 Å². The van der Waals surface area contributed by atoms with E-state index in [-0.39, 0.29) is 17.3 Å². The summed E-state index contributed by atoms with van der Waals surface area (Å²) in [5, 5.41) is 2.85. The number of carbonyl (C=O) groups is 1. The number of nitrogens with zero attached hydrogens (tertiary/aromatic N) is 2. The molecule has 7 heteroatoms. The molecule has 0 aliphatic carbocycles. The van der Waals surface area contributed by atoms with Crippen LogP contribution >= 0.6 is 0 Å². The highest BCUT2D eigenvalue weighted by Crippen LogP contribution is 2.23. The fourth-order valence-electron chi connectivity index (χ4n) is 3.55. The summed E-state index contributed by atoms with van der Waals surface area (Å²) >= 11 is 0. The van der Waals surface area contributed by atoms with Crippen molar-refractivity contribution in [3.8, 4) is 0 Å². The Labute approximate surface area is 196 Å². The second-order valence-corrected chi connectivity index (χ2v) is 9.64. The Morgan fingerprint density at radius 2 is 1.42 bits per heavy atom. The number of amides is 1. The van der Waals surface area contributed by atoms with E-state index in [9.17, 15) is 13.2 Å². The van der Waals surface area contributed by atoms with Crippen molar-refractivity contribution >= 4 is 27.3 Å². The average Bonchev–Trinajstić information content (AvgIpc) is 2.83. The van der Waals surface area contributed by atoms with Gasteiger partial charge < -0.3 is 10.2 Å². The quantitative estimate of drug-likeness (QED) is 0.483. The molecule has 0 aliphatic rings. The molecule has 0 aliphatic heterocycles. The minimum atomic E-state index is -3.90. The average molecular weight is 466 g/mol. The number of para-hydroxylation sites is 1. The number of hydrogen-bond donors (Lipinski definition) is 1. The van der Waals surface area contributed by atoms with Crippen molar-refractivity contribution in [2.45, 2.75) is 32.2 Å². The van der Waals surface area contributed by atoms with E-state index >= 15 is 0 Å². The summed E-state index contributed by atoms with van der Waals surface area (Å²) in [6.07, 6.45) is 0. The number of benzene rings is 3. The maximum atomic E-state index is 13.4. The Bertz CT molecular complexity index is 1140. The molecule has 0 radical (unpaired) electrons. The summed E-state index contributed by atoms with van der Waals surface area (Å²) in [7, 11) is -3.90. The van der Waals surface area contributed by atoms with Crippen LogP contribution < -0.4 is 14.5 Å². The Hall–Kier alpha value is -3.32. The van der Waals surface area contributed by atoms with E-state index in [4.69, 9.17) is 0 Å². The van der Waals surface area contributed by atoms with Crippen LogP contribution in [0.4, 0.5) is 11.4 Å². The summed E-state index contributed by atoms with van der Waals surface area (Å²) in [5.74, 6) is -0.373. The van der Waals surface area contributed by atoms with Gasteiger partial charge in [0.25, 0.3) is 10.0 Å². The number of carbonyl (C=O) groups excluding carboxylic acids is 1. The van der Waals surface area contributed by atoms with E-state index in [1.54, 1.807) is 48.5 Å². The first-order valence-corrected chi connectivity index (χ1v) is 12.5. The van der Waals surface area contributed by atoms with Crippen LogP contribution in [0.25, 0.3) is 0 Å². The van der Waals surface area contributed by atoms with Gasteiger partial charge in [0.15, 0.2) is 0 Å². The first-order valence-electron chi connectivity index (χ1n) is 11.1. The minimum absolute atomic E-state index is 0.150. The summed E-state index contributed by atoms with van der Waals surface area (Å²) < 4.78 is 27.9. The molecule has 0 heterocycles. The maximum absolute atomic E-state index is 13.4. The van der Waals surface area contributed by atoms with Gasteiger partial charge in [0.1, 0.15) is 6.54 Å². The maximum Gasteiger partial charge on any atom is 0.264 e. The zero-order chi connectivity index (χ0) is 23.8. The summed E-state index contributed by atoms with van der Waals surface area (Å²) in [4.78, 5) is 15.2. The molecule has 0 spiro atoms. The first kappa shape index (κ1) is 24.3. The molecule has 6 nitrogen and oxygen atoms in total. The van der Waals surface area contributed by atoms with E-state index in [0.717, 1.165) is 34.2 Å². The minimum Gasteiger partial charge on any atom is -0.372 e. The van der Waals surface area contributed by atoms with E-state index < -0.39 is 10.0 Å². The van der Waals surface area contributed by atoms with Crippen LogP contribution in [-0.4, -0.2) is 34.0 Å². The van der Waals surface area contributed by atoms with Crippen molar-refractivity contribution in [2.24, 2.45) is 0 Å². The lowest BCUT2D eigenvalue weighted by molar-refractivity contribution is -0.119. The van der Waals surface area contributed by atoms with Crippen LogP contribution in [0.1, 0.15) is 25.0 Å². The van der Waals surface area contributed by atoms with Gasteiger partial charge in [-0.1, -0.05) is 48.0 Å². The SMILES string of the molecule is CCN(CC)c1ccc(CNC(=O)CN(c2ccccc2)S(=O)(=O)c2ccc(C)cc2)cc1. The van der Waals surface area contributed by atoms with E-state index in [2.05, 4.69) is 24.1 Å². The van der Waals surface area contributed by atoms with E-state index in [0.29, 0.717) is 12.2 Å². The predicted molar refractivity (Wildman–Crippen MR) is 134 cm³/mol. The molecule has 1 N–H and O–H groups in total. The lowest BCUT2D eigenvalue weighted by Gasteiger charge is -2.24.